The lowest BCUT2D eigenvalue weighted by Gasteiger charge is -2.13. The van der Waals surface area contributed by atoms with Crippen LogP contribution in [0.3, 0.4) is 0 Å². The maximum Gasteiger partial charge on any atom is 0.267 e. The largest absolute Gasteiger partial charge is 0.396 e. The Hall–Kier alpha value is -0.130. The van der Waals surface area contributed by atoms with Gasteiger partial charge in [-0.05, 0) is 19.3 Å². The van der Waals surface area contributed by atoms with Crippen LogP contribution in [0.1, 0.15) is 122 Å². The molecular weight excluding hydrogens is 348 g/mol. The van der Waals surface area contributed by atoms with E-state index in [9.17, 15) is 13.0 Å². The van der Waals surface area contributed by atoms with Crippen molar-refractivity contribution in [3.8, 4) is 0 Å². The Kier molecular flexibility index (Phi) is 18.2. The maximum absolute atomic E-state index is 11.5. The Morgan fingerprint density at radius 1 is 0.615 bits per heavy atom. The number of hydrogen-bond acceptors (Lipinski definition) is 3. The first-order chi connectivity index (χ1) is 12.5. The third-order valence-electron chi connectivity index (χ3n) is 5.24. The van der Waals surface area contributed by atoms with Gasteiger partial charge in [-0.3, -0.25) is 4.55 Å². The molecular formula is C21H44O4S. The van der Waals surface area contributed by atoms with Crippen molar-refractivity contribution in [1.29, 1.82) is 0 Å². The highest BCUT2D eigenvalue weighted by Gasteiger charge is 2.21. The van der Waals surface area contributed by atoms with Gasteiger partial charge in [0.25, 0.3) is 10.1 Å². The predicted molar refractivity (Wildman–Crippen MR) is 111 cm³/mol. The number of aliphatic hydroxyl groups excluding tert-OH is 1. The van der Waals surface area contributed by atoms with Crippen molar-refractivity contribution in [2.24, 2.45) is 0 Å². The fourth-order valence-electron chi connectivity index (χ4n) is 3.49. The molecule has 0 aromatic heterocycles. The topological polar surface area (TPSA) is 74.6 Å². The van der Waals surface area contributed by atoms with Crippen LogP contribution in [-0.2, 0) is 10.1 Å². The summed E-state index contributed by atoms with van der Waals surface area (Å²) >= 11 is 0. The molecule has 0 fully saturated rings. The second-order valence-corrected chi connectivity index (χ2v) is 9.44. The molecule has 158 valence electrons. The Morgan fingerprint density at radius 3 is 1.31 bits per heavy atom. The van der Waals surface area contributed by atoms with Crippen molar-refractivity contribution in [1.82, 2.24) is 0 Å². The molecule has 0 heterocycles. The summed E-state index contributed by atoms with van der Waals surface area (Å²) in [7, 11) is -3.91. The summed E-state index contributed by atoms with van der Waals surface area (Å²) in [5, 5.41) is 8.15. The van der Waals surface area contributed by atoms with Gasteiger partial charge >= 0.3 is 0 Å². The zero-order valence-corrected chi connectivity index (χ0v) is 17.9. The van der Waals surface area contributed by atoms with Gasteiger partial charge in [0.2, 0.25) is 0 Å². The van der Waals surface area contributed by atoms with Crippen molar-refractivity contribution in [2.75, 3.05) is 6.61 Å². The minimum atomic E-state index is -3.91. The summed E-state index contributed by atoms with van der Waals surface area (Å²) in [6, 6.07) is 0. The van der Waals surface area contributed by atoms with Gasteiger partial charge < -0.3 is 5.11 Å². The average Bonchev–Trinajstić information content (AvgIpc) is 2.59. The van der Waals surface area contributed by atoms with Crippen molar-refractivity contribution in [2.45, 2.75) is 128 Å². The second-order valence-electron chi connectivity index (χ2n) is 7.74. The third-order valence-corrected chi connectivity index (χ3v) is 6.55. The fourth-order valence-corrected chi connectivity index (χ4v) is 4.42. The molecule has 0 saturated heterocycles. The summed E-state index contributed by atoms with van der Waals surface area (Å²) in [5.41, 5.74) is 0. The molecule has 0 bridgehead atoms. The molecule has 0 aliphatic rings. The van der Waals surface area contributed by atoms with Crippen LogP contribution in [0.15, 0.2) is 0 Å². The molecule has 0 aliphatic carbocycles. The highest BCUT2D eigenvalue weighted by atomic mass is 32.2. The standard InChI is InChI=1S/C21H44O4S/c1-2-3-4-5-6-7-8-9-10-12-15-18-21(26(23,24)25)19-16-13-11-14-17-20-22/h21-22H,2-20H2,1H3,(H,23,24,25). The van der Waals surface area contributed by atoms with Crippen LogP contribution in [0.5, 0.6) is 0 Å². The minimum Gasteiger partial charge on any atom is -0.396 e. The predicted octanol–water partition coefficient (Wildman–Crippen LogP) is 6.28. The number of hydrogen-bond donors (Lipinski definition) is 2. The highest BCUT2D eigenvalue weighted by Crippen LogP contribution is 2.19. The van der Waals surface area contributed by atoms with Crippen LogP contribution in [0.4, 0.5) is 0 Å². The lowest BCUT2D eigenvalue weighted by Crippen LogP contribution is -2.20. The minimum absolute atomic E-state index is 0.229. The van der Waals surface area contributed by atoms with E-state index in [-0.39, 0.29) is 6.61 Å². The summed E-state index contributed by atoms with van der Waals surface area (Å²) in [4.78, 5) is 0. The SMILES string of the molecule is CCCCCCCCCCCCCC(CCCCCCCO)S(=O)(=O)O. The van der Waals surface area contributed by atoms with Gasteiger partial charge in [-0.2, -0.15) is 8.42 Å². The van der Waals surface area contributed by atoms with Gasteiger partial charge in [-0.1, -0.05) is 103 Å². The van der Waals surface area contributed by atoms with E-state index in [4.69, 9.17) is 5.11 Å². The van der Waals surface area contributed by atoms with Crippen molar-refractivity contribution in [3.05, 3.63) is 0 Å². The molecule has 5 heteroatoms. The van der Waals surface area contributed by atoms with Gasteiger partial charge in [-0.15, -0.1) is 0 Å². The van der Waals surface area contributed by atoms with E-state index in [1.807, 2.05) is 0 Å². The van der Waals surface area contributed by atoms with Gasteiger partial charge in [0.05, 0.1) is 5.25 Å². The number of rotatable bonds is 20. The molecule has 0 amide bonds. The molecule has 0 aromatic carbocycles. The Balaban J connectivity index is 3.63. The van der Waals surface area contributed by atoms with Gasteiger partial charge in [0, 0.05) is 6.61 Å². The highest BCUT2D eigenvalue weighted by molar-refractivity contribution is 7.86. The Bertz CT molecular complexity index is 381. The first kappa shape index (κ1) is 25.9. The molecule has 2 N–H and O–H groups in total. The van der Waals surface area contributed by atoms with E-state index in [1.54, 1.807) is 0 Å². The van der Waals surface area contributed by atoms with Crippen LogP contribution in [0.2, 0.25) is 0 Å². The quantitative estimate of drug-likeness (QED) is 0.189. The molecule has 0 radical (unpaired) electrons. The molecule has 0 aromatic rings. The maximum atomic E-state index is 11.5. The van der Waals surface area contributed by atoms with Crippen LogP contribution < -0.4 is 0 Å². The van der Waals surface area contributed by atoms with Gasteiger partial charge in [0.15, 0.2) is 0 Å². The summed E-state index contributed by atoms with van der Waals surface area (Å²) in [6.07, 6.45) is 19.6. The summed E-state index contributed by atoms with van der Waals surface area (Å²) < 4.78 is 32.5. The lowest BCUT2D eigenvalue weighted by molar-refractivity contribution is 0.282. The van der Waals surface area contributed by atoms with E-state index in [0.29, 0.717) is 12.8 Å². The van der Waals surface area contributed by atoms with E-state index < -0.39 is 15.4 Å². The van der Waals surface area contributed by atoms with Gasteiger partial charge in [-0.25, -0.2) is 0 Å². The van der Waals surface area contributed by atoms with E-state index >= 15 is 0 Å². The van der Waals surface area contributed by atoms with Crippen molar-refractivity contribution < 1.29 is 18.1 Å². The molecule has 1 atom stereocenters. The number of aliphatic hydroxyl groups is 1. The molecule has 0 aliphatic heterocycles. The Labute approximate surface area is 162 Å². The summed E-state index contributed by atoms with van der Waals surface area (Å²) in [6.45, 7) is 2.47. The first-order valence-corrected chi connectivity index (χ1v) is 12.6. The van der Waals surface area contributed by atoms with Crippen LogP contribution in [0.25, 0.3) is 0 Å². The monoisotopic (exact) mass is 392 g/mol. The van der Waals surface area contributed by atoms with Crippen LogP contribution in [-0.4, -0.2) is 29.9 Å². The normalized spacial score (nSPS) is 13.2. The fraction of sp³-hybridized carbons (Fsp3) is 1.00. The molecule has 1 unspecified atom stereocenters. The van der Waals surface area contributed by atoms with Crippen molar-refractivity contribution >= 4 is 10.1 Å². The summed E-state index contributed by atoms with van der Waals surface area (Å²) in [5.74, 6) is 0. The van der Waals surface area contributed by atoms with E-state index in [0.717, 1.165) is 44.9 Å². The van der Waals surface area contributed by atoms with E-state index in [1.165, 1.54) is 57.8 Å². The molecule has 0 saturated carbocycles. The van der Waals surface area contributed by atoms with Gasteiger partial charge in [0.1, 0.15) is 0 Å². The zero-order valence-electron chi connectivity index (χ0n) is 17.1. The smallest absolute Gasteiger partial charge is 0.267 e. The average molecular weight is 393 g/mol. The molecule has 4 nitrogen and oxygen atoms in total. The second kappa shape index (κ2) is 18.2. The number of unbranched alkanes of at least 4 members (excludes halogenated alkanes) is 14. The molecule has 0 rings (SSSR count). The van der Waals surface area contributed by atoms with Crippen molar-refractivity contribution in [3.63, 3.8) is 0 Å². The van der Waals surface area contributed by atoms with Crippen LogP contribution in [0, 0.1) is 0 Å². The molecule has 0 spiro atoms. The van der Waals surface area contributed by atoms with Crippen LogP contribution >= 0.6 is 0 Å². The third kappa shape index (κ3) is 17.3. The lowest BCUT2D eigenvalue weighted by atomic mass is 10.0. The zero-order chi connectivity index (χ0) is 19.5. The Morgan fingerprint density at radius 2 is 0.962 bits per heavy atom. The first-order valence-electron chi connectivity index (χ1n) is 11.1. The molecule has 26 heavy (non-hydrogen) atoms. The van der Waals surface area contributed by atoms with E-state index in [2.05, 4.69) is 6.92 Å².